The molecule has 2 rings (SSSR count). The van der Waals surface area contributed by atoms with Gasteiger partial charge in [-0.05, 0) is 45.7 Å². The summed E-state index contributed by atoms with van der Waals surface area (Å²) in [5.41, 5.74) is 4.82. The third-order valence-electron chi connectivity index (χ3n) is 3.86. The molecule has 0 aromatic carbocycles. The smallest absolute Gasteiger partial charge is 0.374 e. The second-order valence-corrected chi connectivity index (χ2v) is 5.17. The van der Waals surface area contributed by atoms with E-state index in [2.05, 4.69) is 16.2 Å². The summed E-state index contributed by atoms with van der Waals surface area (Å²) < 4.78 is 10.2. The molecule has 0 N–H and O–H groups in total. The van der Waals surface area contributed by atoms with E-state index in [9.17, 15) is 5.26 Å². The number of pyridine rings is 1. The number of nitrogens with zero attached hydrogens (tertiary/aromatic N) is 3. The van der Waals surface area contributed by atoms with Crippen LogP contribution in [-0.2, 0) is 4.65 Å². The molecule has 110 valence electrons. The maximum Gasteiger partial charge on any atom is 0.374 e. The number of aromatic nitrogens is 2. The van der Waals surface area contributed by atoms with Crippen LogP contribution >= 0.6 is 0 Å². The summed E-state index contributed by atoms with van der Waals surface area (Å²) in [4.78, 5) is 4.32. The first-order chi connectivity index (χ1) is 10.4. The zero-order chi connectivity index (χ0) is 16.4. The highest BCUT2D eigenvalue weighted by atomic mass is 16.5. The minimum atomic E-state index is 0.232. The number of nitriles is 1. The van der Waals surface area contributed by atoms with E-state index in [4.69, 9.17) is 17.2 Å². The number of rotatable bonds is 3. The summed E-state index contributed by atoms with van der Waals surface area (Å²) in [6.07, 6.45) is 1.78. The summed E-state index contributed by atoms with van der Waals surface area (Å²) in [7, 11) is 5.47. The predicted octanol–water partition coefficient (Wildman–Crippen LogP) is 3.10. The molecule has 0 spiro atoms. The third-order valence-corrected chi connectivity index (χ3v) is 3.86. The quantitative estimate of drug-likeness (QED) is 0.494. The maximum absolute atomic E-state index is 9.58. The molecule has 0 saturated heterocycles. The fourth-order valence-corrected chi connectivity index (χ4v) is 2.26. The molecule has 0 amide bonds. The Labute approximate surface area is 131 Å². The van der Waals surface area contributed by atoms with Crippen LogP contribution < -0.4 is 0 Å². The SMILES string of the molecule is [B]OC(=C(C#N)c1noc(C)c1C)c1c(C)ncc(C)c1C. The van der Waals surface area contributed by atoms with Gasteiger partial charge >= 0.3 is 8.05 Å². The van der Waals surface area contributed by atoms with Crippen molar-refractivity contribution in [2.24, 2.45) is 0 Å². The average molecular weight is 293 g/mol. The highest BCUT2D eigenvalue weighted by Crippen LogP contribution is 2.32. The van der Waals surface area contributed by atoms with Crippen molar-refractivity contribution in [2.75, 3.05) is 0 Å². The van der Waals surface area contributed by atoms with Crippen molar-refractivity contribution in [3.05, 3.63) is 45.6 Å². The van der Waals surface area contributed by atoms with Gasteiger partial charge in [0.25, 0.3) is 0 Å². The Morgan fingerprint density at radius 3 is 2.41 bits per heavy atom. The lowest BCUT2D eigenvalue weighted by molar-refractivity contribution is 0.395. The van der Waals surface area contributed by atoms with E-state index in [1.165, 1.54) is 0 Å². The van der Waals surface area contributed by atoms with Crippen molar-refractivity contribution >= 4 is 19.4 Å². The molecule has 0 bridgehead atoms. The highest BCUT2D eigenvalue weighted by Gasteiger charge is 2.22. The topological polar surface area (TPSA) is 71.9 Å². The van der Waals surface area contributed by atoms with Crippen LogP contribution in [0.2, 0.25) is 0 Å². The van der Waals surface area contributed by atoms with Crippen LogP contribution in [0.3, 0.4) is 0 Å². The first kappa shape index (κ1) is 15.8. The van der Waals surface area contributed by atoms with Gasteiger partial charge in [-0.15, -0.1) is 0 Å². The molecule has 0 atom stereocenters. The van der Waals surface area contributed by atoms with Crippen molar-refractivity contribution in [1.82, 2.24) is 10.1 Å². The molecule has 0 fully saturated rings. The number of aryl methyl sites for hydroxylation is 3. The van der Waals surface area contributed by atoms with Gasteiger partial charge in [-0.1, -0.05) is 5.16 Å². The van der Waals surface area contributed by atoms with E-state index in [-0.39, 0.29) is 11.3 Å². The second-order valence-electron chi connectivity index (χ2n) is 5.17. The zero-order valence-corrected chi connectivity index (χ0v) is 13.3. The summed E-state index contributed by atoms with van der Waals surface area (Å²) in [6, 6.07) is 2.12. The molecule has 0 aliphatic carbocycles. The Morgan fingerprint density at radius 1 is 1.23 bits per heavy atom. The monoisotopic (exact) mass is 293 g/mol. The van der Waals surface area contributed by atoms with Crippen molar-refractivity contribution in [3.8, 4) is 6.07 Å². The maximum atomic E-state index is 9.58. The van der Waals surface area contributed by atoms with Crippen molar-refractivity contribution in [1.29, 1.82) is 5.26 Å². The minimum absolute atomic E-state index is 0.232. The molecule has 2 aromatic rings. The number of hydrogen-bond donors (Lipinski definition) is 0. The predicted molar refractivity (Wildman–Crippen MR) is 83.7 cm³/mol. The molecular formula is C16H16BN3O2. The molecular weight excluding hydrogens is 277 g/mol. The lowest BCUT2D eigenvalue weighted by atomic mass is 9.97. The van der Waals surface area contributed by atoms with Crippen LogP contribution in [0.5, 0.6) is 0 Å². The Hall–Kier alpha value is -2.55. The van der Waals surface area contributed by atoms with Gasteiger partial charge in [0.1, 0.15) is 28.9 Å². The summed E-state index contributed by atoms with van der Waals surface area (Å²) >= 11 is 0. The van der Waals surface area contributed by atoms with Crippen molar-refractivity contribution in [2.45, 2.75) is 34.6 Å². The first-order valence-corrected chi connectivity index (χ1v) is 6.79. The van der Waals surface area contributed by atoms with Crippen LogP contribution in [0, 0.1) is 45.9 Å². The van der Waals surface area contributed by atoms with Gasteiger partial charge in [-0.3, -0.25) is 4.98 Å². The minimum Gasteiger partial charge on any atom is -0.566 e. The molecule has 5 nitrogen and oxygen atoms in total. The largest absolute Gasteiger partial charge is 0.566 e. The van der Waals surface area contributed by atoms with Gasteiger partial charge in [-0.25, -0.2) is 0 Å². The van der Waals surface area contributed by atoms with Crippen LogP contribution in [0.4, 0.5) is 0 Å². The highest BCUT2D eigenvalue weighted by molar-refractivity contribution is 6.07. The first-order valence-electron chi connectivity index (χ1n) is 6.79. The number of allylic oxidation sites excluding steroid dienone is 1. The summed E-state index contributed by atoms with van der Waals surface area (Å²) in [5.74, 6) is 0.903. The molecule has 2 radical (unpaired) electrons. The Bertz CT molecular complexity index is 800. The molecule has 6 heteroatoms. The van der Waals surface area contributed by atoms with E-state index in [1.54, 1.807) is 13.1 Å². The fraction of sp³-hybridized carbons (Fsp3) is 0.312. The molecule has 0 aliphatic rings. The Balaban J connectivity index is 2.82. The van der Waals surface area contributed by atoms with E-state index in [0.29, 0.717) is 17.0 Å². The van der Waals surface area contributed by atoms with Gasteiger partial charge in [0.05, 0.1) is 0 Å². The molecule has 0 unspecified atom stereocenters. The average Bonchev–Trinajstić information content (AvgIpc) is 2.83. The molecule has 0 saturated carbocycles. The van der Waals surface area contributed by atoms with Crippen LogP contribution in [0.15, 0.2) is 10.7 Å². The normalized spacial score (nSPS) is 11.8. The lowest BCUT2D eigenvalue weighted by Crippen LogP contribution is -2.03. The van der Waals surface area contributed by atoms with Crippen molar-refractivity contribution in [3.63, 3.8) is 0 Å². The Morgan fingerprint density at radius 2 is 1.91 bits per heavy atom. The molecule has 0 aliphatic heterocycles. The van der Waals surface area contributed by atoms with Gasteiger partial charge in [0.2, 0.25) is 0 Å². The van der Waals surface area contributed by atoms with E-state index < -0.39 is 0 Å². The van der Waals surface area contributed by atoms with Crippen molar-refractivity contribution < 1.29 is 9.18 Å². The van der Waals surface area contributed by atoms with Crippen LogP contribution in [0.25, 0.3) is 11.3 Å². The van der Waals surface area contributed by atoms with E-state index in [1.807, 2.05) is 27.7 Å². The van der Waals surface area contributed by atoms with E-state index >= 15 is 0 Å². The van der Waals surface area contributed by atoms with Gasteiger partial charge < -0.3 is 9.18 Å². The molecule has 2 aromatic heterocycles. The second kappa shape index (κ2) is 6.06. The fourth-order valence-electron chi connectivity index (χ4n) is 2.26. The van der Waals surface area contributed by atoms with Gasteiger partial charge in [0, 0.05) is 23.0 Å². The Kier molecular flexibility index (Phi) is 4.36. The standard InChI is InChI=1S/C16H16BN3O2/c1-8-7-19-11(4)14(9(8)2)16(21-17)13(6-18)15-10(3)12(5)22-20-15/h7H,1-5H3. The summed E-state index contributed by atoms with van der Waals surface area (Å²) in [5, 5.41) is 13.5. The summed E-state index contributed by atoms with van der Waals surface area (Å²) in [6.45, 7) is 9.34. The molecule has 22 heavy (non-hydrogen) atoms. The lowest BCUT2D eigenvalue weighted by Gasteiger charge is -2.16. The van der Waals surface area contributed by atoms with Gasteiger partial charge in [-0.2, -0.15) is 5.26 Å². The number of hydrogen-bond acceptors (Lipinski definition) is 5. The zero-order valence-electron chi connectivity index (χ0n) is 13.3. The van der Waals surface area contributed by atoms with Crippen LogP contribution in [0.1, 0.15) is 39.4 Å². The van der Waals surface area contributed by atoms with Gasteiger partial charge in [0.15, 0.2) is 0 Å². The molecule has 2 heterocycles. The van der Waals surface area contributed by atoms with Crippen LogP contribution in [-0.4, -0.2) is 18.2 Å². The third kappa shape index (κ3) is 2.50. The van der Waals surface area contributed by atoms with E-state index in [0.717, 1.165) is 22.4 Å².